The highest BCUT2D eigenvalue weighted by Gasteiger charge is 2.02. The third-order valence-electron chi connectivity index (χ3n) is 2.85. The summed E-state index contributed by atoms with van der Waals surface area (Å²) in [6.07, 6.45) is 7.55. The van der Waals surface area contributed by atoms with Crippen molar-refractivity contribution >= 4 is 17.7 Å². The van der Waals surface area contributed by atoms with E-state index in [1.807, 2.05) is 26.0 Å². The third-order valence-corrected chi connectivity index (χ3v) is 2.85. The molecule has 0 aliphatic carbocycles. The SMILES string of the molecule is CCc1cnc(OCC(C=Nc2cc(C)ccn2)=NN)nc1. The van der Waals surface area contributed by atoms with E-state index in [9.17, 15) is 0 Å². The summed E-state index contributed by atoms with van der Waals surface area (Å²) in [6.45, 7) is 4.14. The first-order valence-corrected chi connectivity index (χ1v) is 6.88. The maximum atomic E-state index is 5.43. The summed E-state index contributed by atoms with van der Waals surface area (Å²) in [7, 11) is 0. The molecule has 0 saturated carbocycles. The Morgan fingerprint density at radius 3 is 2.73 bits per heavy atom. The van der Waals surface area contributed by atoms with Crippen molar-refractivity contribution in [2.24, 2.45) is 15.9 Å². The summed E-state index contributed by atoms with van der Waals surface area (Å²) in [4.78, 5) is 16.5. The van der Waals surface area contributed by atoms with E-state index in [2.05, 4.69) is 25.0 Å². The van der Waals surface area contributed by atoms with Crippen molar-refractivity contribution < 1.29 is 4.74 Å². The Hall–Kier alpha value is -2.83. The largest absolute Gasteiger partial charge is 0.457 e. The van der Waals surface area contributed by atoms with Crippen LogP contribution in [0.1, 0.15) is 18.1 Å². The number of rotatable bonds is 6. The monoisotopic (exact) mass is 298 g/mol. The highest BCUT2D eigenvalue weighted by atomic mass is 16.5. The summed E-state index contributed by atoms with van der Waals surface area (Å²) in [5, 5.41) is 3.63. The van der Waals surface area contributed by atoms with E-state index < -0.39 is 0 Å². The van der Waals surface area contributed by atoms with Gasteiger partial charge in [0.15, 0.2) is 5.82 Å². The fraction of sp³-hybridized carbons (Fsp3) is 0.267. The lowest BCUT2D eigenvalue weighted by Crippen LogP contribution is -2.16. The number of pyridine rings is 1. The highest BCUT2D eigenvalue weighted by Crippen LogP contribution is 2.08. The number of aryl methyl sites for hydroxylation is 2. The number of aromatic nitrogens is 3. The van der Waals surface area contributed by atoms with Gasteiger partial charge in [-0.2, -0.15) is 5.10 Å². The van der Waals surface area contributed by atoms with Gasteiger partial charge in [0.05, 0.1) is 6.21 Å². The lowest BCUT2D eigenvalue weighted by atomic mass is 10.3. The van der Waals surface area contributed by atoms with Gasteiger partial charge in [0.25, 0.3) is 0 Å². The molecule has 2 aromatic heterocycles. The first-order valence-electron chi connectivity index (χ1n) is 6.88. The summed E-state index contributed by atoms with van der Waals surface area (Å²) in [5.74, 6) is 5.92. The van der Waals surface area contributed by atoms with Crippen LogP contribution in [-0.4, -0.2) is 33.5 Å². The Morgan fingerprint density at radius 2 is 2.09 bits per heavy atom. The van der Waals surface area contributed by atoms with Crippen LogP contribution in [0, 0.1) is 6.92 Å². The first kappa shape index (κ1) is 15.6. The van der Waals surface area contributed by atoms with Crippen molar-refractivity contribution in [1.29, 1.82) is 0 Å². The highest BCUT2D eigenvalue weighted by molar-refractivity contribution is 6.31. The van der Waals surface area contributed by atoms with Crippen molar-refractivity contribution in [2.45, 2.75) is 20.3 Å². The van der Waals surface area contributed by atoms with Crippen molar-refractivity contribution in [1.82, 2.24) is 15.0 Å². The van der Waals surface area contributed by atoms with Crippen LogP contribution in [0.15, 0.2) is 40.8 Å². The Morgan fingerprint density at radius 1 is 1.32 bits per heavy atom. The molecule has 0 radical (unpaired) electrons. The van der Waals surface area contributed by atoms with Gasteiger partial charge in [0.2, 0.25) is 0 Å². The fourth-order valence-corrected chi connectivity index (χ4v) is 1.58. The lowest BCUT2D eigenvalue weighted by Gasteiger charge is -2.03. The molecule has 2 N–H and O–H groups in total. The molecule has 0 atom stereocenters. The van der Waals surface area contributed by atoms with Gasteiger partial charge in [-0.1, -0.05) is 6.92 Å². The zero-order valence-electron chi connectivity index (χ0n) is 12.6. The smallest absolute Gasteiger partial charge is 0.316 e. The van der Waals surface area contributed by atoms with Crippen LogP contribution in [0.4, 0.5) is 5.82 Å². The van der Waals surface area contributed by atoms with Crippen LogP contribution in [0.5, 0.6) is 6.01 Å². The number of aliphatic imine (C=N–C) groups is 1. The Balaban J connectivity index is 1.94. The molecule has 0 aliphatic heterocycles. The molecular formula is C15H18N6O. The normalized spacial score (nSPS) is 11.8. The molecule has 0 fully saturated rings. The number of nitrogens with zero attached hydrogens (tertiary/aromatic N) is 5. The van der Waals surface area contributed by atoms with Gasteiger partial charge in [-0.15, -0.1) is 0 Å². The summed E-state index contributed by atoms with van der Waals surface area (Å²) in [6, 6.07) is 4.04. The second kappa shape index (κ2) is 7.82. The molecule has 114 valence electrons. The van der Waals surface area contributed by atoms with E-state index in [1.54, 1.807) is 18.6 Å². The minimum atomic E-state index is 0.136. The second-order valence-corrected chi connectivity index (χ2v) is 4.59. The minimum absolute atomic E-state index is 0.136. The summed E-state index contributed by atoms with van der Waals surface area (Å²) < 4.78 is 5.43. The van der Waals surface area contributed by atoms with E-state index >= 15 is 0 Å². The van der Waals surface area contributed by atoms with Gasteiger partial charge in [-0.25, -0.2) is 19.9 Å². The van der Waals surface area contributed by atoms with Crippen molar-refractivity contribution in [3.05, 3.63) is 41.9 Å². The van der Waals surface area contributed by atoms with E-state index in [-0.39, 0.29) is 12.6 Å². The molecule has 0 saturated heterocycles. The molecule has 0 aliphatic rings. The number of hydrazone groups is 1. The lowest BCUT2D eigenvalue weighted by molar-refractivity contribution is 0.346. The van der Waals surface area contributed by atoms with Crippen LogP contribution in [0.25, 0.3) is 0 Å². The molecular weight excluding hydrogens is 280 g/mol. The third kappa shape index (κ3) is 4.62. The number of ether oxygens (including phenoxy) is 1. The molecule has 2 rings (SSSR count). The summed E-state index contributed by atoms with van der Waals surface area (Å²) >= 11 is 0. The average Bonchev–Trinajstić information content (AvgIpc) is 2.55. The molecule has 0 spiro atoms. The Kier molecular flexibility index (Phi) is 5.53. The van der Waals surface area contributed by atoms with Crippen LogP contribution >= 0.6 is 0 Å². The number of nitrogens with two attached hydrogens (primary N) is 1. The Bertz CT molecular complexity index is 666. The average molecular weight is 298 g/mol. The molecule has 0 amide bonds. The molecule has 2 aromatic rings. The molecule has 0 unspecified atom stereocenters. The first-order chi connectivity index (χ1) is 10.7. The molecule has 7 nitrogen and oxygen atoms in total. The number of hydrogen-bond donors (Lipinski definition) is 1. The van der Waals surface area contributed by atoms with Gasteiger partial charge in [-0.3, -0.25) is 0 Å². The van der Waals surface area contributed by atoms with Crippen LogP contribution < -0.4 is 10.6 Å². The zero-order chi connectivity index (χ0) is 15.8. The van der Waals surface area contributed by atoms with Crippen molar-refractivity contribution in [2.75, 3.05) is 6.61 Å². The van der Waals surface area contributed by atoms with E-state index in [4.69, 9.17) is 10.6 Å². The minimum Gasteiger partial charge on any atom is -0.457 e. The maximum Gasteiger partial charge on any atom is 0.316 e. The maximum absolute atomic E-state index is 5.43. The van der Waals surface area contributed by atoms with Gasteiger partial charge >= 0.3 is 6.01 Å². The second-order valence-electron chi connectivity index (χ2n) is 4.59. The molecule has 0 bridgehead atoms. The van der Waals surface area contributed by atoms with Crippen LogP contribution in [0.2, 0.25) is 0 Å². The predicted octanol–water partition coefficient (Wildman–Crippen LogP) is 1.84. The van der Waals surface area contributed by atoms with Gasteiger partial charge in [-0.05, 0) is 36.6 Å². The quantitative estimate of drug-likeness (QED) is 0.498. The van der Waals surface area contributed by atoms with E-state index in [0.29, 0.717) is 11.5 Å². The Labute approximate surface area is 129 Å². The fourth-order valence-electron chi connectivity index (χ4n) is 1.58. The standard InChI is InChI=1S/C15H18N6O/c1-3-12-7-19-15(20-8-12)22-10-13(21-16)9-18-14-6-11(2)4-5-17-14/h4-9H,3,10,16H2,1-2H3. The topological polar surface area (TPSA) is 98.6 Å². The van der Waals surface area contributed by atoms with Crippen molar-refractivity contribution in [3.63, 3.8) is 0 Å². The predicted molar refractivity (Wildman–Crippen MR) is 85.7 cm³/mol. The summed E-state index contributed by atoms with van der Waals surface area (Å²) in [5.41, 5.74) is 2.59. The van der Waals surface area contributed by atoms with Crippen LogP contribution in [0.3, 0.4) is 0 Å². The molecule has 22 heavy (non-hydrogen) atoms. The van der Waals surface area contributed by atoms with Gasteiger partial charge in [0, 0.05) is 18.6 Å². The van der Waals surface area contributed by atoms with Gasteiger partial charge < -0.3 is 10.6 Å². The molecule has 2 heterocycles. The molecule has 0 aromatic carbocycles. The van der Waals surface area contributed by atoms with E-state index in [1.165, 1.54) is 6.21 Å². The van der Waals surface area contributed by atoms with Crippen molar-refractivity contribution in [3.8, 4) is 6.01 Å². The number of hydrogen-bond acceptors (Lipinski definition) is 7. The molecule has 7 heteroatoms. The zero-order valence-corrected chi connectivity index (χ0v) is 12.6. The van der Waals surface area contributed by atoms with Crippen LogP contribution in [-0.2, 0) is 6.42 Å². The van der Waals surface area contributed by atoms with E-state index in [0.717, 1.165) is 17.5 Å². The van der Waals surface area contributed by atoms with Gasteiger partial charge in [0.1, 0.15) is 12.3 Å².